The molecule has 0 radical (unpaired) electrons. The molecule has 1 nitrogen and oxygen atoms in total. The van der Waals surface area contributed by atoms with Gasteiger partial charge in [0, 0.05) is 18.8 Å². The summed E-state index contributed by atoms with van der Waals surface area (Å²) >= 11 is 0. The second kappa shape index (κ2) is 6.25. The van der Waals surface area contributed by atoms with Gasteiger partial charge >= 0.3 is 0 Å². The quantitative estimate of drug-likeness (QED) is 0.807. The zero-order valence-electron chi connectivity index (χ0n) is 11.9. The largest absolute Gasteiger partial charge is 0.372 e. The summed E-state index contributed by atoms with van der Waals surface area (Å²) in [5.41, 5.74) is 1.89. The van der Waals surface area contributed by atoms with Crippen molar-refractivity contribution in [2.45, 2.75) is 19.3 Å². The highest BCUT2D eigenvalue weighted by Crippen LogP contribution is 2.26. The highest BCUT2D eigenvalue weighted by Gasteiger charge is 2.20. The predicted molar refractivity (Wildman–Crippen MR) is 81.4 cm³/mol. The van der Waals surface area contributed by atoms with Crippen LogP contribution in [0.3, 0.4) is 0 Å². The summed E-state index contributed by atoms with van der Waals surface area (Å²) in [5, 5.41) is 0. The minimum atomic E-state index is -0.201. The van der Waals surface area contributed by atoms with Crippen molar-refractivity contribution in [1.29, 1.82) is 0 Å². The number of nitrogens with zero attached hydrogens (tertiary/aromatic N) is 1. The Hall–Kier alpha value is -1.90. The minimum Gasteiger partial charge on any atom is -0.372 e. The van der Waals surface area contributed by atoms with Crippen LogP contribution in [0.15, 0.2) is 48.5 Å². The van der Waals surface area contributed by atoms with Crippen molar-refractivity contribution in [3.8, 4) is 0 Å². The zero-order valence-corrected chi connectivity index (χ0v) is 11.9. The molecule has 0 saturated carbocycles. The van der Waals surface area contributed by atoms with E-state index in [0.717, 1.165) is 43.6 Å². The summed E-state index contributed by atoms with van der Waals surface area (Å²) in [6.07, 6.45) is 2.90. The van der Waals surface area contributed by atoms with E-state index in [4.69, 9.17) is 0 Å². The van der Waals surface area contributed by atoms with Gasteiger partial charge in [-0.05, 0) is 61.1 Å². The average Bonchev–Trinajstić information content (AvgIpc) is 2.51. The summed E-state index contributed by atoms with van der Waals surface area (Å²) in [5.74, 6) is 0.227. The van der Waals surface area contributed by atoms with E-state index in [1.165, 1.54) is 18.2 Å². The van der Waals surface area contributed by atoms with Crippen molar-refractivity contribution in [2.75, 3.05) is 18.0 Å². The number of hydrogen-bond acceptors (Lipinski definition) is 1. The lowest BCUT2D eigenvalue weighted by Gasteiger charge is -2.33. The summed E-state index contributed by atoms with van der Waals surface area (Å²) in [6.45, 7) is 1.90. The Morgan fingerprint density at radius 1 is 0.905 bits per heavy atom. The number of piperidine rings is 1. The van der Waals surface area contributed by atoms with Crippen LogP contribution < -0.4 is 4.90 Å². The maximum Gasteiger partial charge on any atom is 0.126 e. The van der Waals surface area contributed by atoms with Gasteiger partial charge in [0.2, 0.25) is 0 Å². The van der Waals surface area contributed by atoms with Crippen LogP contribution in [0.4, 0.5) is 14.5 Å². The molecule has 1 heterocycles. The number of benzene rings is 2. The van der Waals surface area contributed by atoms with Crippen LogP contribution in [0.1, 0.15) is 18.4 Å². The van der Waals surface area contributed by atoms with Crippen molar-refractivity contribution < 1.29 is 8.78 Å². The number of rotatable bonds is 3. The standard InChI is InChI=1S/C18H19F2N/c19-16-5-7-17(8-6-16)21-11-9-14(10-12-21)13-15-3-1-2-4-18(15)20/h1-8,14H,9-13H2. The van der Waals surface area contributed by atoms with Gasteiger partial charge in [-0.2, -0.15) is 0 Å². The van der Waals surface area contributed by atoms with Crippen molar-refractivity contribution in [3.05, 3.63) is 65.7 Å². The third kappa shape index (κ3) is 3.41. The van der Waals surface area contributed by atoms with Crippen LogP contribution in [0.25, 0.3) is 0 Å². The van der Waals surface area contributed by atoms with Gasteiger partial charge in [-0.25, -0.2) is 8.78 Å². The van der Waals surface area contributed by atoms with Crippen LogP contribution in [0.2, 0.25) is 0 Å². The third-order valence-corrected chi connectivity index (χ3v) is 4.27. The van der Waals surface area contributed by atoms with Crippen molar-refractivity contribution in [2.24, 2.45) is 5.92 Å². The first-order valence-corrected chi connectivity index (χ1v) is 7.46. The molecule has 1 saturated heterocycles. The molecule has 0 bridgehead atoms. The van der Waals surface area contributed by atoms with Crippen molar-refractivity contribution in [3.63, 3.8) is 0 Å². The molecule has 0 N–H and O–H groups in total. The SMILES string of the molecule is Fc1ccc(N2CCC(Cc3ccccc3F)CC2)cc1. The Labute approximate surface area is 124 Å². The van der Waals surface area contributed by atoms with Gasteiger partial charge in [0.15, 0.2) is 0 Å². The van der Waals surface area contributed by atoms with Crippen LogP contribution >= 0.6 is 0 Å². The lowest BCUT2D eigenvalue weighted by molar-refractivity contribution is 0.398. The Balaban J connectivity index is 1.58. The van der Waals surface area contributed by atoms with E-state index in [2.05, 4.69) is 4.90 Å². The molecule has 1 aliphatic heterocycles. The van der Waals surface area contributed by atoms with Crippen LogP contribution in [0, 0.1) is 17.6 Å². The van der Waals surface area contributed by atoms with Gasteiger partial charge in [0.25, 0.3) is 0 Å². The lowest BCUT2D eigenvalue weighted by atomic mass is 9.90. The highest BCUT2D eigenvalue weighted by molar-refractivity contribution is 5.46. The molecule has 0 spiro atoms. The van der Waals surface area contributed by atoms with E-state index in [1.807, 2.05) is 24.3 Å². The maximum absolute atomic E-state index is 13.7. The topological polar surface area (TPSA) is 3.24 Å². The summed E-state index contributed by atoms with van der Waals surface area (Å²) < 4.78 is 26.6. The van der Waals surface area contributed by atoms with E-state index in [1.54, 1.807) is 6.07 Å². The molecule has 21 heavy (non-hydrogen) atoms. The van der Waals surface area contributed by atoms with E-state index < -0.39 is 0 Å². The molecule has 3 heteroatoms. The van der Waals surface area contributed by atoms with Gasteiger partial charge in [0.1, 0.15) is 11.6 Å². The van der Waals surface area contributed by atoms with Crippen LogP contribution in [0.5, 0.6) is 0 Å². The van der Waals surface area contributed by atoms with Gasteiger partial charge in [-0.1, -0.05) is 18.2 Å². The maximum atomic E-state index is 13.7. The molecular formula is C18H19F2N. The summed E-state index contributed by atoms with van der Waals surface area (Å²) in [6, 6.07) is 13.7. The van der Waals surface area contributed by atoms with E-state index in [0.29, 0.717) is 5.92 Å². The first-order chi connectivity index (χ1) is 10.2. The van der Waals surface area contributed by atoms with E-state index in [9.17, 15) is 8.78 Å². The molecule has 0 aliphatic carbocycles. The van der Waals surface area contributed by atoms with E-state index >= 15 is 0 Å². The fraction of sp³-hybridized carbons (Fsp3) is 0.333. The molecule has 2 aromatic carbocycles. The van der Waals surface area contributed by atoms with Gasteiger partial charge in [-0.15, -0.1) is 0 Å². The molecule has 0 unspecified atom stereocenters. The molecule has 1 fully saturated rings. The molecule has 2 aromatic rings. The second-order valence-corrected chi connectivity index (χ2v) is 5.70. The summed E-state index contributed by atoms with van der Waals surface area (Å²) in [7, 11) is 0. The fourth-order valence-electron chi connectivity index (χ4n) is 3.02. The molecule has 0 amide bonds. The normalized spacial score (nSPS) is 16.2. The number of hydrogen-bond donors (Lipinski definition) is 0. The Kier molecular flexibility index (Phi) is 4.18. The van der Waals surface area contributed by atoms with Crippen LogP contribution in [-0.2, 0) is 6.42 Å². The Bertz CT molecular complexity index is 586. The third-order valence-electron chi connectivity index (χ3n) is 4.27. The highest BCUT2D eigenvalue weighted by atomic mass is 19.1. The van der Waals surface area contributed by atoms with Crippen molar-refractivity contribution >= 4 is 5.69 Å². The molecule has 3 rings (SSSR count). The molecule has 1 aliphatic rings. The van der Waals surface area contributed by atoms with Crippen molar-refractivity contribution in [1.82, 2.24) is 0 Å². The average molecular weight is 287 g/mol. The molecular weight excluding hydrogens is 268 g/mol. The molecule has 110 valence electrons. The van der Waals surface area contributed by atoms with Gasteiger partial charge < -0.3 is 4.90 Å². The second-order valence-electron chi connectivity index (χ2n) is 5.70. The van der Waals surface area contributed by atoms with Crippen LogP contribution in [-0.4, -0.2) is 13.1 Å². The Morgan fingerprint density at radius 3 is 2.24 bits per heavy atom. The van der Waals surface area contributed by atoms with E-state index in [-0.39, 0.29) is 11.6 Å². The molecule has 0 aromatic heterocycles. The smallest absolute Gasteiger partial charge is 0.126 e. The fourth-order valence-corrected chi connectivity index (χ4v) is 3.02. The van der Waals surface area contributed by atoms with Gasteiger partial charge in [-0.3, -0.25) is 0 Å². The number of halogens is 2. The predicted octanol–water partition coefficient (Wildman–Crippen LogP) is 4.42. The number of anilines is 1. The first kappa shape index (κ1) is 14.1. The summed E-state index contributed by atoms with van der Waals surface area (Å²) in [4.78, 5) is 2.28. The molecule has 0 atom stereocenters. The first-order valence-electron chi connectivity index (χ1n) is 7.46. The monoisotopic (exact) mass is 287 g/mol. The zero-order chi connectivity index (χ0) is 14.7. The lowest BCUT2D eigenvalue weighted by Crippen LogP contribution is -2.34. The Morgan fingerprint density at radius 2 is 1.57 bits per heavy atom. The van der Waals surface area contributed by atoms with Gasteiger partial charge in [0.05, 0.1) is 0 Å². The minimum absolute atomic E-state index is 0.0986.